The Morgan fingerprint density at radius 2 is 2.18 bits per heavy atom. The van der Waals surface area contributed by atoms with Gasteiger partial charge < -0.3 is 5.32 Å². The molecular weight excluding hydrogens is 318 g/mol. The van der Waals surface area contributed by atoms with Crippen molar-refractivity contribution < 1.29 is 18.4 Å². The van der Waals surface area contributed by atoms with Crippen molar-refractivity contribution in [3.63, 3.8) is 0 Å². The highest BCUT2D eigenvalue weighted by Crippen LogP contribution is 2.21. The predicted molar refractivity (Wildman–Crippen MR) is 75.1 cm³/mol. The Bertz CT molecular complexity index is 717. The fraction of sp³-hybridized carbons (Fsp3) is 0.385. The number of rotatable bonds is 6. The third-order valence-electron chi connectivity index (χ3n) is 2.93. The molecule has 0 aliphatic heterocycles. The number of carbonyl (C=O) groups is 2. The molecule has 0 unspecified atom stereocenters. The van der Waals surface area contributed by atoms with Gasteiger partial charge in [0.15, 0.2) is 5.65 Å². The third-order valence-corrected chi connectivity index (χ3v) is 3.12. The molecule has 6 nitrogen and oxygen atoms in total. The summed E-state index contributed by atoms with van der Waals surface area (Å²) >= 11 is 5.19. The van der Waals surface area contributed by atoms with Crippen molar-refractivity contribution in [3.8, 4) is 0 Å². The highest BCUT2D eigenvalue weighted by molar-refractivity contribution is 6.63. The van der Waals surface area contributed by atoms with E-state index in [1.54, 1.807) is 6.92 Å². The van der Waals surface area contributed by atoms with E-state index in [1.807, 2.05) is 0 Å². The Hall–Kier alpha value is -2.09. The van der Waals surface area contributed by atoms with Gasteiger partial charge in [-0.3, -0.25) is 9.59 Å². The highest BCUT2D eigenvalue weighted by Gasteiger charge is 2.19. The standard InChI is InChI=1S/C13H13ClF2N4O2/c1-7-5-9(11(15)16)20-12(19-7)8(6-18-20)13(22)17-4-2-3-10(14)21/h5-6,11H,2-4H2,1H3,(H,17,22). The van der Waals surface area contributed by atoms with E-state index < -0.39 is 17.6 Å². The molecule has 0 aliphatic rings. The Morgan fingerprint density at radius 1 is 1.45 bits per heavy atom. The molecule has 0 aliphatic carbocycles. The van der Waals surface area contributed by atoms with Crippen molar-refractivity contribution in [3.05, 3.63) is 29.2 Å². The average molecular weight is 331 g/mol. The van der Waals surface area contributed by atoms with Gasteiger partial charge >= 0.3 is 0 Å². The number of hydrogen-bond acceptors (Lipinski definition) is 4. The lowest BCUT2D eigenvalue weighted by atomic mass is 10.2. The van der Waals surface area contributed by atoms with Crippen molar-refractivity contribution in [2.45, 2.75) is 26.2 Å². The highest BCUT2D eigenvalue weighted by atomic mass is 35.5. The Labute approximate surface area is 129 Å². The molecule has 0 saturated heterocycles. The fourth-order valence-corrected chi connectivity index (χ4v) is 2.09. The monoisotopic (exact) mass is 330 g/mol. The van der Waals surface area contributed by atoms with E-state index in [9.17, 15) is 18.4 Å². The average Bonchev–Trinajstić information content (AvgIpc) is 2.85. The molecule has 0 radical (unpaired) electrons. The third kappa shape index (κ3) is 3.56. The number of alkyl halides is 2. The Balaban J connectivity index is 2.21. The number of aryl methyl sites for hydroxylation is 1. The number of carbonyl (C=O) groups excluding carboxylic acids is 2. The fourth-order valence-electron chi connectivity index (χ4n) is 1.95. The first kappa shape index (κ1) is 16.3. The van der Waals surface area contributed by atoms with Crippen LogP contribution in [0, 0.1) is 6.92 Å². The summed E-state index contributed by atoms with van der Waals surface area (Å²) in [4.78, 5) is 26.7. The van der Waals surface area contributed by atoms with Crippen LogP contribution >= 0.6 is 11.6 Å². The number of nitrogens with zero attached hydrogens (tertiary/aromatic N) is 3. The summed E-state index contributed by atoms with van der Waals surface area (Å²) in [6.45, 7) is 1.80. The van der Waals surface area contributed by atoms with Gasteiger partial charge in [-0.25, -0.2) is 18.3 Å². The second-order valence-electron chi connectivity index (χ2n) is 4.63. The van der Waals surface area contributed by atoms with Crippen molar-refractivity contribution in [1.29, 1.82) is 0 Å². The van der Waals surface area contributed by atoms with Crippen LogP contribution in [0.2, 0.25) is 0 Å². The van der Waals surface area contributed by atoms with Gasteiger partial charge in [-0.15, -0.1) is 0 Å². The molecule has 0 bridgehead atoms. The Morgan fingerprint density at radius 3 is 2.82 bits per heavy atom. The van der Waals surface area contributed by atoms with Crippen LogP contribution in [-0.4, -0.2) is 32.3 Å². The first-order chi connectivity index (χ1) is 10.4. The molecule has 2 heterocycles. The second kappa shape index (κ2) is 6.78. The van der Waals surface area contributed by atoms with Crippen molar-refractivity contribution in [2.24, 2.45) is 0 Å². The smallest absolute Gasteiger partial charge is 0.280 e. The first-order valence-corrected chi connectivity index (χ1v) is 6.88. The van der Waals surface area contributed by atoms with E-state index in [0.717, 1.165) is 4.52 Å². The minimum atomic E-state index is -2.73. The lowest BCUT2D eigenvalue weighted by Crippen LogP contribution is -2.24. The summed E-state index contributed by atoms with van der Waals surface area (Å²) in [7, 11) is 0. The minimum Gasteiger partial charge on any atom is -0.352 e. The van der Waals surface area contributed by atoms with E-state index in [2.05, 4.69) is 15.4 Å². The lowest BCUT2D eigenvalue weighted by Gasteiger charge is -2.06. The van der Waals surface area contributed by atoms with Gasteiger partial charge in [0.05, 0.1) is 6.20 Å². The summed E-state index contributed by atoms with van der Waals surface area (Å²) in [5.74, 6) is -0.490. The van der Waals surface area contributed by atoms with Crippen LogP contribution in [0.4, 0.5) is 8.78 Å². The van der Waals surface area contributed by atoms with Gasteiger partial charge in [0.1, 0.15) is 11.3 Å². The minimum absolute atomic E-state index is 0.0706. The molecule has 1 N–H and O–H groups in total. The number of nitrogens with one attached hydrogen (secondary N) is 1. The predicted octanol–water partition coefficient (Wildman–Crippen LogP) is 2.25. The molecule has 118 valence electrons. The maximum absolute atomic E-state index is 13.0. The van der Waals surface area contributed by atoms with Gasteiger partial charge in [0.25, 0.3) is 12.3 Å². The molecule has 0 fully saturated rings. The zero-order chi connectivity index (χ0) is 16.3. The van der Waals surface area contributed by atoms with Gasteiger partial charge in [-0.1, -0.05) is 0 Å². The summed E-state index contributed by atoms with van der Waals surface area (Å²) in [6.07, 6.45) is -1.00. The molecule has 2 rings (SSSR count). The van der Waals surface area contributed by atoms with Gasteiger partial charge in [-0.05, 0) is 31.0 Å². The van der Waals surface area contributed by atoms with Gasteiger partial charge in [-0.2, -0.15) is 5.10 Å². The molecular formula is C13H13ClF2N4O2. The summed E-state index contributed by atoms with van der Waals surface area (Å²) in [5.41, 5.74) is 0.211. The van der Waals surface area contributed by atoms with E-state index >= 15 is 0 Å². The van der Waals surface area contributed by atoms with Crippen molar-refractivity contribution in [2.75, 3.05) is 6.54 Å². The molecule has 2 aromatic heterocycles. The number of fused-ring (bicyclic) bond motifs is 1. The van der Waals surface area contributed by atoms with E-state index in [1.165, 1.54) is 12.3 Å². The van der Waals surface area contributed by atoms with E-state index in [-0.39, 0.29) is 29.9 Å². The van der Waals surface area contributed by atoms with Crippen LogP contribution in [-0.2, 0) is 4.79 Å². The summed E-state index contributed by atoms with van der Waals surface area (Å²) in [6, 6.07) is 1.22. The number of amides is 1. The zero-order valence-electron chi connectivity index (χ0n) is 11.6. The van der Waals surface area contributed by atoms with Gasteiger partial charge in [0, 0.05) is 18.7 Å². The number of halogens is 3. The summed E-state index contributed by atoms with van der Waals surface area (Å²) < 4.78 is 26.9. The quantitative estimate of drug-likeness (QED) is 0.651. The molecule has 2 aromatic rings. The lowest BCUT2D eigenvalue weighted by molar-refractivity contribution is -0.111. The van der Waals surface area contributed by atoms with Crippen molar-refractivity contribution in [1.82, 2.24) is 19.9 Å². The topological polar surface area (TPSA) is 76.4 Å². The maximum atomic E-state index is 13.0. The van der Waals surface area contributed by atoms with Crippen molar-refractivity contribution >= 4 is 28.4 Å². The van der Waals surface area contributed by atoms with Crippen LogP contribution < -0.4 is 5.32 Å². The van der Waals surface area contributed by atoms with E-state index in [0.29, 0.717) is 12.1 Å². The van der Waals surface area contributed by atoms with Crippen LogP contribution in [0.15, 0.2) is 12.3 Å². The maximum Gasteiger partial charge on any atom is 0.280 e. The Kier molecular flexibility index (Phi) is 5.02. The van der Waals surface area contributed by atoms with Crippen LogP contribution in [0.5, 0.6) is 0 Å². The molecule has 0 spiro atoms. The molecule has 0 atom stereocenters. The normalized spacial score (nSPS) is 11.1. The largest absolute Gasteiger partial charge is 0.352 e. The second-order valence-corrected chi connectivity index (χ2v) is 5.05. The van der Waals surface area contributed by atoms with Crippen LogP contribution in [0.3, 0.4) is 0 Å². The molecule has 22 heavy (non-hydrogen) atoms. The number of aromatic nitrogens is 3. The molecule has 1 amide bonds. The van der Waals surface area contributed by atoms with Gasteiger partial charge in [0.2, 0.25) is 5.24 Å². The van der Waals surface area contributed by atoms with Crippen LogP contribution in [0.25, 0.3) is 5.65 Å². The van der Waals surface area contributed by atoms with E-state index in [4.69, 9.17) is 11.6 Å². The number of hydrogen-bond donors (Lipinski definition) is 1. The molecule has 9 heteroatoms. The molecule has 0 saturated carbocycles. The zero-order valence-corrected chi connectivity index (χ0v) is 12.4. The van der Waals surface area contributed by atoms with Crippen LogP contribution in [0.1, 0.15) is 41.0 Å². The summed E-state index contributed by atoms with van der Waals surface area (Å²) in [5, 5.41) is 5.88. The SMILES string of the molecule is Cc1cc(C(F)F)n2ncc(C(=O)NCCCC(=O)Cl)c2n1. The molecule has 0 aromatic carbocycles. The first-order valence-electron chi connectivity index (χ1n) is 6.50.